The SMILES string of the molecule is CCOC(=O)Cc1ccc(C(=O)CC)cc1C. The zero-order valence-electron chi connectivity index (χ0n) is 10.6. The lowest BCUT2D eigenvalue weighted by molar-refractivity contribution is -0.142. The van der Waals surface area contributed by atoms with Crippen LogP contribution in [0.5, 0.6) is 0 Å². The number of ketones is 1. The molecule has 0 atom stereocenters. The molecule has 0 radical (unpaired) electrons. The van der Waals surface area contributed by atoms with E-state index in [0.717, 1.165) is 11.1 Å². The van der Waals surface area contributed by atoms with E-state index in [1.54, 1.807) is 13.0 Å². The highest BCUT2D eigenvalue weighted by molar-refractivity contribution is 5.96. The topological polar surface area (TPSA) is 43.4 Å². The number of carbonyl (C=O) groups is 2. The molecule has 1 rings (SSSR count). The van der Waals surface area contributed by atoms with Crippen LogP contribution in [0.25, 0.3) is 0 Å². The average molecular weight is 234 g/mol. The predicted octanol–water partition coefficient (Wildman–Crippen LogP) is 2.69. The molecule has 0 aliphatic rings. The fourth-order valence-electron chi connectivity index (χ4n) is 1.64. The van der Waals surface area contributed by atoms with Gasteiger partial charge in [0.2, 0.25) is 0 Å². The van der Waals surface area contributed by atoms with E-state index in [2.05, 4.69) is 0 Å². The van der Waals surface area contributed by atoms with Gasteiger partial charge in [0.15, 0.2) is 5.78 Å². The maximum Gasteiger partial charge on any atom is 0.310 e. The summed E-state index contributed by atoms with van der Waals surface area (Å²) >= 11 is 0. The second-order valence-electron chi connectivity index (χ2n) is 3.90. The van der Waals surface area contributed by atoms with Crippen LogP contribution in [0.1, 0.15) is 41.8 Å². The van der Waals surface area contributed by atoms with Gasteiger partial charge in [0, 0.05) is 12.0 Å². The van der Waals surface area contributed by atoms with Crippen molar-refractivity contribution in [2.24, 2.45) is 0 Å². The van der Waals surface area contributed by atoms with Crippen LogP contribution in [0, 0.1) is 6.92 Å². The number of rotatable bonds is 5. The van der Waals surface area contributed by atoms with Gasteiger partial charge in [0.25, 0.3) is 0 Å². The van der Waals surface area contributed by atoms with Crippen LogP contribution in [-0.4, -0.2) is 18.4 Å². The summed E-state index contributed by atoms with van der Waals surface area (Å²) in [6.45, 7) is 5.92. The summed E-state index contributed by atoms with van der Waals surface area (Å²) in [5, 5.41) is 0. The number of esters is 1. The number of aryl methyl sites for hydroxylation is 1. The Kier molecular flexibility index (Phi) is 4.88. The summed E-state index contributed by atoms with van der Waals surface area (Å²) in [4.78, 5) is 22.9. The van der Waals surface area contributed by atoms with Gasteiger partial charge < -0.3 is 4.74 Å². The van der Waals surface area contributed by atoms with Gasteiger partial charge in [-0.05, 0) is 31.0 Å². The summed E-state index contributed by atoms with van der Waals surface area (Å²) in [5.41, 5.74) is 2.58. The van der Waals surface area contributed by atoms with Crippen molar-refractivity contribution in [2.45, 2.75) is 33.6 Å². The van der Waals surface area contributed by atoms with E-state index in [1.807, 2.05) is 26.0 Å². The Morgan fingerprint density at radius 3 is 2.47 bits per heavy atom. The van der Waals surface area contributed by atoms with E-state index in [-0.39, 0.29) is 18.2 Å². The zero-order chi connectivity index (χ0) is 12.8. The van der Waals surface area contributed by atoms with Crippen molar-refractivity contribution in [3.8, 4) is 0 Å². The van der Waals surface area contributed by atoms with E-state index in [0.29, 0.717) is 18.6 Å². The minimum absolute atomic E-state index is 0.121. The van der Waals surface area contributed by atoms with Gasteiger partial charge in [0.05, 0.1) is 13.0 Å². The number of ether oxygens (including phenoxy) is 1. The van der Waals surface area contributed by atoms with Crippen molar-refractivity contribution >= 4 is 11.8 Å². The molecule has 0 saturated carbocycles. The zero-order valence-corrected chi connectivity index (χ0v) is 10.6. The fourth-order valence-corrected chi connectivity index (χ4v) is 1.64. The monoisotopic (exact) mass is 234 g/mol. The van der Waals surface area contributed by atoms with Crippen LogP contribution >= 0.6 is 0 Å². The number of benzene rings is 1. The van der Waals surface area contributed by atoms with Gasteiger partial charge in [-0.1, -0.05) is 19.1 Å². The molecule has 0 unspecified atom stereocenters. The normalized spacial score (nSPS) is 10.1. The molecule has 92 valence electrons. The number of hydrogen-bond acceptors (Lipinski definition) is 3. The Bertz CT molecular complexity index is 421. The van der Waals surface area contributed by atoms with E-state index in [1.165, 1.54) is 0 Å². The highest BCUT2D eigenvalue weighted by Crippen LogP contribution is 2.13. The Morgan fingerprint density at radius 2 is 1.94 bits per heavy atom. The maximum atomic E-state index is 11.5. The second-order valence-corrected chi connectivity index (χ2v) is 3.90. The Hall–Kier alpha value is -1.64. The third kappa shape index (κ3) is 3.70. The van der Waals surface area contributed by atoms with Crippen molar-refractivity contribution in [3.63, 3.8) is 0 Å². The van der Waals surface area contributed by atoms with E-state index >= 15 is 0 Å². The molecule has 1 aromatic carbocycles. The third-order valence-corrected chi connectivity index (χ3v) is 2.63. The quantitative estimate of drug-likeness (QED) is 0.581. The molecule has 0 heterocycles. The van der Waals surface area contributed by atoms with Gasteiger partial charge in [-0.15, -0.1) is 0 Å². The lowest BCUT2D eigenvalue weighted by Crippen LogP contribution is -2.09. The summed E-state index contributed by atoms with van der Waals surface area (Å²) in [6.07, 6.45) is 0.761. The van der Waals surface area contributed by atoms with Crippen LogP contribution in [0.15, 0.2) is 18.2 Å². The summed E-state index contributed by atoms with van der Waals surface area (Å²) in [7, 11) is 0. The van der Waals surface area contributed by atoms with Crippen molar-refractivity contribution in [1.29, 1.82) is 0 Å². The number of carbonyl (C=O) groups excluding carboxylic acids is 2. The minimum atomic E-state index is -0.231. The third-order valence-electron chi connectivity index (χ3n) is 2.63. The molecule has 0 aliphatic heterocycles. The van der Waals surface area contributed by atoms with Crippen LogP contribution in [0.3, 0.4) is 0 Å². The maximum absolute atomic E-state index is 11.5. The molecule has 0 fully saturated rings. The fraction of sp³-hybridized carbons (Fsp3) is 0.429. The summed E-state index contributed by atoms with van der Waals surface area (Å²) in [5.74, 6) is -0.110. The molecule has 17 heavy (non-hydrogen) atoms. The van der Waals surface area contributed by atoms with Crippen LogP contribution in [-0.2, 0) is 16.0 Å². The largest absolute Gasteiger partial charge is 0.466 e. The molecular weight excluding hydrogens is 216 g/mol. The Labute approximate surface area is 102 Å². The second kappa shape index (κ2) is 6.18. The highest BCUT2D eigenvalue weighted by atomic mass is 16.5. The summed E-state index contributed by atoms with van der Waals surface area (Å²) in [6, 6.07) is 5.43. The predicted molar refractivity (Wildman–Crippen MR) is 66.1 cm³/mol. The Morgan fingerprint density at radius 1 is 1.24 bits per heavy atom. The molecule has 0 aromatic heterocycles. The first-order valence-electron chi connectivity index (χ1n) is 5.86. The standard InChI is InChI=1S/C14H18O3/c1-4-13(15)12-7-6-11(10(3)8-12)9-14(16)17-5-2/h6-8H,4-5,9H2,1-3H3. The van der Waals surface area contributed by atoms with Gasteiger partial charge in [-0.2, -0.15) is 0 Å². The molecule has 1 aromatic rings. The molecular formula is C14H18O3. The molecule has 0 bridgehead atoms. The molecule has 3 nitrogen and oxygen atoms in total. The highest BCUT2D eigenvalue weighted by Gasteiger charge is 2.09. The van der Waals surface area contributed by atoms with Gasteiger partial charge in [-0.3, -0.25) is 9.59 Å². The van der Waals surface area contributed by atoms with E-state index in [4.69, 9.17) is 4.74 Å². The van der Waals surface area contributed by atoms with Crippen LogP contribution < -0.4 is 0 Å². The molecule has 0 saturated heterocycles. The van der Waals surface area contributed by atoms with Gasteiger partial charge in [-0.25, -0.2) is 0 Å². The molecule has 0 spiro atoms. The average Bonchev–Trinajstić information content (AvgIpc) is 2.31. The first-order valence-corrected chi connectivity index (χ1v) is 5.86. The first-order chi connectivity index (χ1) is 8.08. The van der Waals surface area contributed by atoms with Crippen LogP contribution in [0.2, 0.25) is 0 Å². The number of Topliss-reactive ketones (excluding diaryl/α,β-unsaturated/α-hetero) is 1. The van der Waals surface area contributed by atoms with Crippen molar-refractivity contribution in [3.05, 3.63) is 34.9 Å². The van der Waals surface area contributed by atoms with Gasteiger partial charge >= 0.3 is 5.97 Å². The molecule has 0 amide bonds. The first kappa shape index (κ1) is 13.4. The lowest BCUT2D eigenvalue weighted by atomic mass is 10.00. The van der Waals surface area contributed by atoms with Crippen molar-refractivity contribution in [2.75, 3.05) is 6.61 Å². The number of hydrogen-bond donors (Lipinski definition) is 0. The lowest BCUT2D eigenvalue weighted by Gasteiger charge is -2.07. The summed E-state index contributed by atoms with van der Waals surface area (Å²) < 4.78 is 4.89. The molecule has 0 aliphatic carbocycles. The smallest absolute Gasteiger partial charge is 0.310 e. The molecule has 3 heteroatoms. The van der Waals surface area contributed by atoms with Gasteiger partial charge in [0.1, 0.15) is 0 Å². The Balaban J connectivity index is 2.83. The minimum Gasteiger partial charge on any atom is -0.466 e. The van der Waals surface area contributed by atoms with E-state index < -0.39 is 0 Å². The van der Waals surface area contributed by atoms with Crippen LogP contribution in [0.4, 0.5) is 0 Å². The van der Waals surface area contributed by atoms with E-state index in [9.17, 15) is 9.59 Å². The molecule has 0 N–H and O–H groups in total. The van der Waals surface area contributed by atoms with Crippen molar-refractivity contribution in [1.82, 2.24) is 0 Å². The van der Waals surface area contributed by atoms with Crippen molar-refractivity contribution < 1.29 is 14.3 Å².